The van der Waals surface area contributed by atoms with E-state index in [0.717, 1.165) is 43.2 Å². The smallest absolute Gasteiger partial charge is 0.191 e. The number of hydrogen-bond acceptors (Lipinski definition) is 3. The molecule has 0 aliphatic carbocycles. The van der Waals surface area contributed by atoms with E-state index in [1.165, 1.54) is 12.8 Å². The first-order valence-corrected chi connectivity index (χ1v) is 8.95. The van der Waals surface area contributed by atoms with Gasteiger partial charge in [0.05, 0.1) is 23.9 Å². The number of fused-ring (bicyclic) bond motifs is 3. The summed E-state index contributed by atoms with van der Waals surface area (Å²) in [5.74, 6) is 0.891. The Morgan fingerprint density at radius 1 is 1.40 bits per heavy atom. The van der Waals surface area contributed by atoms with Crippen molar-refractivity contribution < 1.29 is 4.74 Å². The molecule has 0 aromatic carbocycles. The molecule has 2 fully saturated rings. The minimum Gasteiger partial charge on any atom is -0.373 e. The number of hydrogen-bond donors (Lipinski definition) is 2. The van der Waals surface area contributed by atoms with Crippen molar-refractivity contribution in [2.24, 2.45) is 4.99 Å². The minimum atomic E-state index is 0. The highest BCUT2D eigenvalue weighted by atomic mass is 127. The van der Waals surface area contributed by atoms with Crippen LogP contribution in [0.4, 0.5) is 0 Å². The highest BCUT2D eigenvalue weighted by molar-refractivity contribution is 14.0. The van der Waals surface area contributed by atoms with Crippen molar-refractivity contribution in [3.63, 3.8) is 0 Å². The van der Waals surface area contributed by atoms with Gasteiger partial charge in [0.25, 0.3) is 0 Å². The van der Waals surface area contributed by atoms with Gasteiger partial charge >= 0.3 is 0 Å². The van der Waals surface area contributed by atoms with Gasteiger partial charge in [-0.15, -0.1) is 24.0 Å². The van der Waals surface area contributed by atoms with E-state index < -0.39 is 0 Å². The summed E-state index contributed by atoms with van der Waals surface area (Å²) in [7, 11) is 0. The SMILES string of the molecule is CCNC(=NCCc1cn2ccccc2n1)NC1CC2CCC1O2.I. The van der Waals surface area contributed by atoms with E-state index in [1.807, 2.05) is 24.4 Å². The fraction of sp³-hybridized carbons (Fsp3) is 0.556. The third kappa shape index (κ3) is 4.25. The van der Waals surface area contributed by atoms with Gasteiger partial charge in [0.15, 0.2) is 5.96 Å². The number of guanidine groups is 1. The van der Waals surface area contributed by atoms with E-state index in [4.69, 9.17) is 9.73 Å². The van der Waals surface area contributed by atoms with Crippen LogP contribution in [0.25, 0.3) is 5.65 Å². The molecule has 3 unspecified atom stereocenters. The Morgan fingerprint density at radius 2 is 2.32 bits per heavy atom. The fourth-order valence-electron chi connectivity index (χ4n) is 3.68. The molecule has 0 amide bonds. The number of halogens is 1. The first kappa shape index (κ1) is 18.4. The third-order valence-corrected chi connectivity index (χ3v) is 4.82. The summed E-state index contributed by atoms with van der Waals surface area (Å²) in [5, 5.41) is 6.89. The molecule has 2 aromatic rings. The van der Waals surface area contributed by atoms with E-state index in [2.05, 4.69) is 33.1 Å². The molecular weight excluding hydrogens is 429 g/mol. The van der Waals surface area contributed by atoms with Crippen LogP contribution in [0, 0.1) is 0 Å². The van der Waals surface area contributed by atoms with E-state index in [-0.39, 0.29) is 24.0 Å². The van der Waals surface area contributed by atoms with E-state index in [1.54, 1.807) is 0 Å². The topological polar surface area (TPSA) is 63.0 Å². The standard InChI is InChI=1S/C18H25N5O.HI/c1-2-19-18(22-15-11-14-6-7-16(15)24-14)20-9-8-13-12-23-10-4-3-5-17(23)21-13;/h3-5,10,12,14-16H,2,6-9,11H2,1H3,(H2,19,20,22);1H. The second-order valence-electron chi connectivity index (χ2n) is 6.57. The van der Waals surface area contributed by atoms with Crippen LogP contribution in [0.3, 0.4) is 0 Å². The Hall–Kier alpha value is -1.35. The average Bonchev–Trinajstić information content (AvgIpc) is 3.29. The van der Waals surface area contributed by atoms with E-state index >= 15 is 0 Å². The predicted molar refractivity (Wildman–Crippen MR) is 110 cm³/mol. The number of rotatable bonds is 5. The molecule has 0 spiro atoms. The highest BCUT2D eigenvalue weighted by Gasteiger charge is 2.41. The molecule has 2 aromatic heterocycles. The molecule has 25 heavy (non-hydrogen) atoms. The number of aliphatic imine (C=N–C) groups is 1. The zero-order chi connectivity index (χ0) is 16.4. The number of nitrogens with one attached hydrogen (secondary N) is 2. The van der Waals surface area contributed by atoms with Crippen LogP contribution in [0.15, 0.2) is 35.6 Å². The average molecular weight is 455 g/mol. The summed E-state index contributed by atoms with van der Waals surface area (Å²) in [4.78, 5) is 9.34. The number of imidazole rings is 1. The second kappa shape index (κ2) is 8.35. The van der Waals surface area contributed by atoms with Gasteiger partial charge in [-0.3, -0.25) is 4.99 Å². The lowest BCUT2D eigenvalue weighted by molar-refractivity contribution is 0.0992. The largest absolute Gasteiger partial charge is 0.373 e. The van der Waals surface area contributed by atoms with Crippen LogP contribution >= 0.6 is 24.0 Å². The number of nitrogens with zero attached hydrogens (tertiary/aromatic N) is 3. The van der Waals surface area contributed by atoms with Crippen molar-refractivity contribution in [2.45, 2.75) is 50.9 Å². The zero-order valence-corrected chi connectivity index (χ0v) is 16.8. The maximum absolute atomic E-state index is 5.91. The van der Waals surface area contributed by atoms with Crippen molar-refractivity contribution in [1.82, 2.24) is 20.0 Å². The highest BCUT2D eigenvalue weighted by Crippen LogP contribution is 2.34. The molecule has 0 radical (unpaired) electrons. The normalized spacial score (nSPS) is 25.2. The van der Waals surface area contributed by atoms with Crippen molar-refractivity contribution >= 4 is 35.6 Å². The zero-order valence-electron chi connectivity index (χ0n) is 14.5. The Kier molecular flexibility index (Phi) is 6.16. The van der Waals surface area contributed by atoms with Crippen molar-refractivity contribution in [2.75, 3.05) is 13.1 Å². The molecule has 7 heteroatoms. The van der Waals surface area contributed by atoms with Gasteiger partial charge in [0, 0.05) is 31.9 Å². The van der Waals surface area contributed by atoms with E-state index in [9.17, 15) is 0 Å². The summed E-state index contributed by atoms with van der Waals surface area (Å²) < 4.78 is 7.96. The molecule has 2 aliphatic rings. The number of aromatic nitrogens is 2. The summed E-state index contributed by atoms with van der Waals surface area (Å²) >= 11 is 0. The van der Waals surface area contributed by atoms with Crippen LogP contribution in [-0.4, -0.2) is 46.7 Å². The molecule has 4 heterocycles. The van der Waals surface area contributed by atoms with Crippen LogP contribution in [0.1, 0.15) is 31.9 Å². The van der Waals surface area contributed by atoms with Gasteiger partial charge in [-0.2, -0.15) is 0 Å². The van der Waals surface area contributed by atoms with Gasteiger partial charge in [-0.25, -0.2) is 4.98 Å². The molecule has 2 saturated heterocycles. The molecular formula is C18H26IN5O. The van der Waals surface area contributed by atoms with Crippen LogP contribution in [0.5, 0.6) is 0 Å². The van der Waals surface area contributed by atoms with Gasteiger partial charge in [0.2, 0.25) is 0 Å². The van der Waals surface area contributed by atoms with Crippen molar-refractivity contribution in [3.8, 4) is 0 Å². The van der Waals surface area contributed by atoms with Gasteiger partial charge < -0.3 is 19.8 Å². The number of ether oxygens (including phenoxy) is 1. The summed E-state index contributed by atoms with van der Waals surface area (Å²) in [6.07, 6.45) is 9.23. The summed E-state index contributed by atoms with van der Waals surface area (Å²) in [6.45, 7) is 3.68. The lowest BCUT2D eigenvalue weighted by Crippen LogP contribution is -2.47. The molecule has 136 valence electrons. The number of pyridine rings is 1. The lowest BCUT2D eigenvalue weighted by Gasteiger charge is -2.22. The quantitative estimate of drug-likeness (QED) is 0.413. The monoisotopic (exact) mass is 455 g/mol. The molecule has 4 rings (SSSR count). The second-order valence-corrected chi connectivity index (χ2v) is 6.57. The minimum absolute atomic E-state index is 0. The van der Waals surface area contributed by atoms with Gasteiger partial charge in [-0.1, -0.05) is 6.07 Å². The van der Waals surface area contributed by atoms with Crippen LogP contribution in [-0.2, 0) is 11.2 Å². The van der Waals surface area contributed by atoms with Gasteiger partial charge in [0.1, 0.15) is 5.65 Å². The lowest BCUT2D eigenvalue weighted by atomic mass is 9.96. The Balaban J connectivity index is 0.00000182. The maximum atomic E-state index is 5.91. The van der Waals surface area contributed by atoms with Crippen molar-refractivity contribution in [1.29, 1.82) is 0 Å². The predicted octanol–water partition coefficient (Wildman–Crippen LogP) is 2.37. The fourth-order valence-corrected chi connectivity index (χ4v) is 3.68. The third-order valence-electron chi connectivity index (χ3n) is 4.82. The van der Waals surface area contributed by atoms with Crippen LogP contribution in [0.2, 0.25) is 0 Å². The maximum Gasteiger partial charge on any atom is 0.191 e. The Morgan fingerprint density at radius 3 is 3.04 bits per heavy atom. The first-order valence-electron chi connectivity index (χ1n) is 8.95. The Labute approximate surface area is 165 Å². The van der Waals surface area contributed by atoms with Crippen molar-refractivity contribution in [3.05, 3.63) is 36.3 Å². The summed E-state index contributed by atoms with van der Waals surface area (Å²) in [6, 6.07) is 6.44. The van der Waals surface area contributed by atoms with E-state index in [0.29, 0.717) is 18.2 Å². The Bertz CT molecular complexity index is 698. The van der Waals surface area contributed by atoms with Gasteiger partial charge in [-0.05, 0) is 38.3 Å². The molecule has 2 aliphatic heterocycles. The molecule has 6 nitrogen and oxygen atoms in total. The first-order chi connectivity index (χ1) is 11.8. The molecule has 2 bridgehead atoms. The summed E-state index contributed by atoms with van der Waals surface area (Å²) in [5.41, 5.74) is 2.06. The molecule has 2 N–H and O–H groups in total. The molecule has 3 atom stereocenters. The van der Waals surface area contributed by atoms with Crippen LogP contribution < -0.4 is 10.6 Å². The molecule has 0 saturated carbocycles.